The van der Waals surface area contributed by atoms with Crippen molar-refractivity contribution in [1.29, 1.82) is 0 Å². The van der Waals surface area contributed by atoms with Gasteiger partial charge in [-0.05, 0) is 42.9 Å². The van der Waals surface area contributed by atoms with Gasteiger partial charge in [-0.3, -0.25) is 4.79 Å². The molecule has 9 heteroatoms. The van der Waals surface area contributed by atoms with Gasteiger partial charge in [-0.25, -0.2) is 4.98 Å². The third-order valence-corrected chi connectivity index (χ3v) is 5.86. The van der Waals surface area contributed by atoms with Crippen molar-refractivity contribution >= 4 is 29.1 Å². The van der Waals surface area contributed by atoms with E-state index in [1.165, 1.54) is 19.8 Å². The van der Waals surface area contributed by atoms with Crippen LogP contribution >= 0.6 is 11.3 Å². The van der Waals surface area contributed by atoms with E-state index in [4.69, 9.17) is 4.84 Å². The third-order valence-electron chi connectivity index (χ3n) is 4.89. The molecule has 166 valence electrons. The van der Waals surface area contributed by atoms with Crippen LogP contribution in [0.15, 0.2) is 53.7 Å². The van der Waals surface area contributed by atoms with Crippen molar-refractivity contribution in [1.82, 2.24) is 4.98 Å². The molecule has 1 aromatic heterocycles. The van der Waals surface area contributed by atoms with Crippen LogP contribution in [0, 0.1) is 12.8 Å². The van der Waals surface area contributed by atoms with Crippen molar-refractivity contribution in [2.24, 2.45) is 11.1 Å². The lowest BCUT2D eigenvalue weighted by molar-refractivity contribution is -0.141. The molecule has 1 fully saturated rings. The fourth-order valence-corrected chi connectivity index (χ4v) is 3.91. The van der Waals surface area contributed by atoms with Crippen molar-refractivity contribution in [2.75, 3.05) is 11.9 Å². The minimum Gasteiger partial charge on any atom is -0.396 e. The number of carbonyl (C=O) groups excluding carboxylic acids is 1. The summed E-state index contributed by atoms with van der Waals surface area (Å²) in [5.74, 6) is -0.214. The minimum absolute atomic E-state index is 0.175. The number of amides is 1. The zero-order valence-corrected chi connectivity index (χ0v) is 18.0. The molecule has 4 rings (SSSR count). The molecule has 1 saturated carbocycles. The van der Waals surface area contributed by atoms with Crippen LogP contribution in [0.3, 0.4) is 0 Å². The van der Waals surface area contributed by atoms with Crippen molar-refractivity contribution in [2.45, 2.75) is 25.9 Å². The summed E-state index contributed by atoms with van der Waals surface area (Å²) in [6.07, 6.45) is -0.679. The second-order valence-corrected chi connectivity index (χ2v) is 8.71. The lowest BCUT2D eigenvalue weighted by Crippen LogP contribution is -2.17. The van der Waals surface area contributed by atoms with Crippen LogP contribution in [0.1, 0.15) is 38.8 Å². The average Bonchev–Trinajstić information content (AvgIpc) is 3.50. The maximum Gasteiger partial charge on any atom is 0.435 e. The van der Waals surface area contributed by atoms with E-state index in [2.05, 4.69) is 15.5 Å². The van der Waals surface area contributed by atoms with Crippen molar-refractivity contribution in [3.63, 3.8) is 0 Å². The maximum absolute atomic E-state index is 13.2. The molecule has 1 heterocycles. The third kappa shape index (κ3) is 5.34. The molecule has 1 N–H and O–H groups in total. The molecule has 1 aliphatic carbocycles. The van der Waals surface area contributed by atoms with E-state index in [0.29, 0.717) is 23.8 Å². The molecule has 0 spiro atoms. The Hall–Kier alpha value is -3.20. The number of halogens is 3. The van der Waals surface area contributed by atoms with Crippen molar-refractivity contribution in [3.8, 4) is 11.1 Å². The van der Waals surface area contributed by atoms with Crippen molar-refractivity contribution < 1.29 is 22.8 Å². The fourth-order valence-electron chi connectivity index (χ4n) is 3.08. The highest BCUT2D eigenvalue weighted by Gasteiger charge is 2.39. The molecular formula is C23H20F3N3O2S. The standard InChI is InChI=1S/C23H20F3N3O2S/c1-14-28-21(23(24,25)26)20(32-14)22(30)29-19-5-3-2-4-18(19)17-10-8-15(9-11-17)12-27-31-13-16-6-7-16/h2-5,8-12,16H,6-7,13H2,1H3,(H,29,30)/b27-12-. The zero-order valence-electron chi connectivity index (χ0n) is 17.1. The number of aromatic nitrogens is 1. The highest BCUT2D eigenvalue weighted by atomic mass is 32.1. The number of anilines is 1. The smallest absolute Gasteiger partial charge is 0.396 e. The fraction of sp³-hybridized carbons (Fsp3) is 0.261. The number of alkyl halides is 3. The molecule has 0 radical (unpaired) electrons. The molecule has 1 amide bonds. The first-order chi connectivity index (χ1) is 15.3. The number of thiazole rings is 1. The molecular weight excluding hydrogens is 439 g/mol. The number of para-hydroxylation sites is 1. The van der Waals surface area contributed by atoms with Gasteiger partial charge in [-0.15, -0.1) is 11.3 Å². The Kier molecular flexibility index (Phi) is 6.27. The summed E-state index contributed by atoms with van der Waals surface area (Å²) >= 11 is 0.718. The van der Waals surface area contributed by atoms with Gasteiger partial charge in [0.1, 0.15) is 11.5 Å². The lowest BCUT2D eigenvalue weighted by Gasteiger charge is -2.12. The number of oxime groups is 1. The number of rotatable bonds is 7. The van der Waals surface area contributed by atoms with Crippen LogP contribution in [0.2, 0.25) is 0 Å². The largest absolute Gasteiger partial charge is 0.435 e. The molecule has 0 atom stereocenters. The van der Waals surface area contributed by atoms with E-state index >= 15 is 0 Å². The molecule has 0 unspecified atom stereocenters. The second-order valence-electron chi connectivity index (χ2n) is 7.50. The van der Waals surface area contributed by atoms with Crippen LogP contribution in [0.25, 0.3) is 11.1 Å². The predicted octanol–water partition coefficient (Wildman–Crippen LogP) is 6.15. The predicted molar refractivity (Wildman–Crippen MR) is 118 cm³/mol. The highest BCUT2D eigenvalue weighted by Crippen LogP contribution is 2.35. The number of hydrogen-bond donors (Lipinski definition) is 1. The Labute approximate surface area is 186 Å². The number of benzene rings is 2. The summed E-state index contributed by atoms with van der Waals surface area (Å²) in [7, 11) is 0. The van der Waals surface area contributed by atoms with Gasteiger partial charge in [0.25, 0.3) is 5.91 Å². The van der Waals surface area contributed by atoms with Gasteiger partial charge < -0.3 is 10.2 Å². The van der Waals surface area contributed by atoms with Gasteiger partial charge in [0.2, 0.25) is 0 Å². The van der Waals surface area contributed by atoms with Crippen LogP contribution in [0.5, 0.6) is 0 Å². The molecule has 0 saturated heterocycles. The maximum atomic E-state index is 13.2. The first-order valence-electron chi connectivity index (χ1n) is 10.0. The quantitative estimate of drug-likeness (QED) is 0.340. The van der Waals surface area contributed by atoms with Gasteiger partial charge in [0.15, 0.2) is 5.69 Å². The Morgan fingerprint density at radius 2 is 1.94 bits per heavy atom. The van der Waals surface area contributed by atoms with Crippen LogP contribution in [0.4, 0.5) is 18.9 Å². The van der Waals surface area contributed by atoms with Gasteiger partial charge in [0, 0.05) is 11.3 Å². The molecule has 1 aliphatic rings. The Morgan fingerprint density at radius 3 is 2.62 bits per heavy atom. The molecule has 3 aromatic rings. The van der Waals surface area contributed by atoms with E-state index in [1.807, 2.05) is 24.3 Å². The SMILES string of the molecule is Cc1nc(C(F)(F)F)c(C(=O)Nc2ccccc2-c2ccc(/C=N\OCC3CC3)cc2)s1. The number of hydrogen-bond acceptors (Lipinski definition) is 5. The Bertz CT molecular complexity index is 1140. The topological polar surface area (TPSA) is 63.6 Å². The summed E-state index contributed by atoms with van der Waals surface area (Å²) in [5, 5.41) is 6.75. The number of nitrogens with one attached hydrogen (secondary N) is 1. The number of aryl methyl sites for hydroxylation is 1. The van der Waals surface area contributed by atoms with Crippen molar-refractivity contribution in [3.05, 3.63) is 69.7 Å². The lowest BCUT2D eigenvalue weighted by atomic mass is 10.0. The molecule has 32 heavy (non-hydrogen) atoms. The van der Waals surface area contributed by atoms with Gasteiger partial charge >= 0.3 is 6.18 Å². The van der Waals surface area contributed by atoms with E-state index < -0.39 is 22.7 Å². The summed E-state index contributed by atoms with van der Waals surface area (Å²) in [5.41, 5.74) is 1.58. The van der Waals surface area contributed by atoms with Gasteiger partial charge in [0.05, 0.1) is 11.2 Å². The highest BCUT2D eigenvalue weighted by molar-refractivity contribution is 7.13. The average molecular weight is 459 g/mol. The molecule has 0 aliphatic heterocycles. The first kappa shape index (κ1) is 22.0. The normalized spacial score (nSPS) is 14.0. The molecule has 0 bridgehead atoms. The van der Waals surface area contributed by atoms with Crippen LogP contribution in [-0.4, -0.2) is 23.7 Å². The van der Waals surface area contributed by atoms with Gasteiger partial charge in [-0.1, -0.05) is 47.6 Å². The van der Waals surface area contributed by atoms with Crippen LogP contribution in [-0.2, 0) is 11.0 Å². The zero-order chi connectivity index (χ0) is 22.7. The summed E-state index contributed by atoms with van der Waals surface area (Å²) < 4.78 is 39.7. The summed E-state index contributed by atoms with van der Waals surface area (Å²) in [6.45, 7) is 2.07. The second kappa shape index (κ2) is 9.12. The summed E-state index contributed by atoms with van der Waals surface area (Å²) in [6, 6.07) is 14.4. The van der Waals surface area contributed by atoms with Gasteiger partial charge in [-0.2, -0.15) is 13.2 Å². The van der Waals surface area contributed by atoms with Crippen LogP contribution < -0.4 is 5.32 Å². The van der Waals surface area contributed by atoms with E-state index in [9.17, 15) is 18.0 Å². The van der Waals surface area contributed by atoms with E-state index in [-0.39, 0.29) is 5.01 Å². The minimum atomic E-state index is -4.70. The van der Waals surface area contributed by atoms with E-state index in [0.717, 1.165) is 22.5 Å². The first-order valence-corrected chi connectivity index (χ1v) is 10.8. The molecule has 5 nitrogen and oxygen atoms in total. The Balaban J connectivity index is 1.51. The monoisotopic (exact) mass is 459 g/mol. The van der Waals surface area contributed by atoms with E-state index in [1.54, 1.807) is 30.5 Å². The Morgan fingerprint density at radius 1 is 1.22 bits per heavy atom. The summed E-state index contributed by atoms with van der Waals surface area (Å²) in [4.78, 5) is 20.9. The number of nitrogens with zero attached hydrogens (tertiary/aromatic N) is 2. The molecule has 2 aromatic carbocycles. The number of carbonyl (C=O) groups is 1.